The fourth-order valence-electron chi connectivity index (χ4n) is 2.63. The third-order valence-corrected chi connectivity index (χ3v) is 3.67. The van der Waals surface area contributed by atoms with Gasteiger partial charge in [0.2, 0.25) is 17.7 Å². The number of benzene rings is 1. The summed E-state index contributed by atoms with van der Waals surface area (Å²) < 4.78 is 0. The quantitative estimate of drug-likeness (QED) is 0.252. The maximum Gasteiger partial charge on any atom is 0.273 e. The number of amides is 3. The van der Waals surface area contributed by atoms with Crippen LogP contribution in [0.15, 0.2) is 18.2 Å². The Morgan fingerprint density at radius 3 is 1.84 bits per heavy atom. The lowest BCUT2D eigenvalue weighted by molar-refractivity contribution is -0.385. The number of carbonyl (C=O) groups is 3. The van der Waals surface area contributed by atoms with Crippen molar-refractivity contribution in [3.63, 3.8) is 0 Å². The van der Waals surface area contributed by atoms with Crippen LogP contribution >= 0.6 is 0 Å². The SMILES string of the molecule is NC(=O)CC(N)C(c1ccc(C(N)=O)cc1[N+](=O)[O-])C(N)CC(N)=O. The Kier molecular flexibility index (Phi) is 6.53. The zero-order valence-electron chi connectivity index (χ0n) is 13.3. The molecule has 0 aliphatic rings. The van der Waals surface area contributed by atoms with Gasteiger partial charge in [-0.15, -0.1) is 0 Å². The molecule has 2 unspecified atom stereocenters. The van der Waals surface area contributed by atoms with Gasteiger partial charge in [-0.1, -0.05) is 6.07 Å². The van der Waals surface area contributed by atoms with Crippen molar-refractivity contribution in [1.29, 1.82) is 0 Å². The number of rotatable bonds is 9. The van der Waals surface area contributed by atoms with E-state index in [-0.39, 0.29) is 24.0 Å². The second-order valence-corrected chi connectivity index (χ2v) is 5.59. The maximum absolute atomic E-state index is 11.4. The molecule has 0 spiro atoms. The van der Waals surface area contributed by atoms with Crippen LogP contribution in [0.1, 0.15) is 34.7 Å². The van der Waals surface area contributed by atoms with E-state index in [1.807, 2.05) is 0 Å². The first-order valence-electron chi connectivity index (χ1n) is 7.20. The zero-order valence-corrected chi connectivity index (χ0v) is 13.3. The molecule has 25 heavy (non-hydrogen) atoms. The summed E-state index contributed by atoms with van der Waals surface area (Å²) in [5.74, 6) is -3.29. The number of nitro groups is 1. The van der Waals surface area contributed by atoms with Gasteiger partial charge in [-0.2, -0.15) is 0 Å². The van der Waals surface area contributed by atoms with Gasteiger partial charge in [0, 0.05) is 48.0 Å². The molecule has 0 fully saturated rings. The Morgan fingerprint density at radius 1 is 1.00 bits per heavy atom. The van der Waals surface area contributed by atoms with E-state index in [4.69, 9.17) is 28.7 Å². The monoisotopic (exact) mass is 352 g/mol. The molecule has 0 saturated heterocycles. The van der Waals surface area contributed by atoms with Crippen LogP contribution < -0.4 is 28.7 Å². The van der Waals surface area contributed by atoms with Crippen LogP contribution in [-0.2, 0) is 9.59 Å². The van der Waals surface area contributed by atoms with Crippen molar-refractivity contribution in [1.82, 2.24) is 0 Å². The molecule has 136 valence electrons. The van der Waals surface area contributed by atoms with Gasteiger partial charge in [0.05, 0.1) is 4.92 Å². The number of primary amides is 3. The van der Waals surface area contributed by atoms with Gasteiger partial charge in [0.1, 0.15) is 0 Å². The lowest BCUT2D eigenvalue weighted by Crippen LogP contribution is -2.44. The average Bonchev–Trinajstić information content (AvgIpc) is 2.45. The predicted molar refractivity (Wildman–Crippen MR) is 87.9 cm³/mol. The summed E-state index contributed by atoms with van der Waals surface area (Å²) in [4.78, 5) is 44.2. The van der Waals surface area contributed by atoms with Gasteiger partial charge in [-0.25, -0.2) is 0 Å². The van der Waals surface area contributed by atoms with Crippen LogP contribution in [0.25, 0.3) is 0 Å². The number of nitrogens with two attached hydrogens (primary N) is 5. The van der Waals surface area contributed by atoms with Crippen molar-refractivity contribution < 1.29 is 19.3 Å². The molecule has 1 rings (SSSR count). The minimum absolute atomic E-state index is 0.0532. The molecule has 1 aromatic carbocycles. The Bertz CT molecular complexity index is 685. The molecule has 0 aromatic heterocycles. The molecule has 0 aliphatic heterocycles. The molecule has 0 saturated carbocycles. The highest BCUT2D eigenvalue weighted by molar-refractivity contribution is 5.93. The Balaban J connectivity index is 3.46. The minimum Gasteiger partial charge on any atom is -0.370 e. The predicted octanol–water partition coefficient (Wildman–Crippen LogP) is -1.82. The molecule has 0 aliphatic carbocycles. The van der Waals surface area contributed by atoms with Gasteiger partial charge in [-0.3, -0.25) is 24.5 Å². The summed E-state index contributed by atoms with van der Waals surface area (Å²) in [6, 6.07) is 1.53. The van der Waals surface area contributed by atoms with E-state index in [9.17, 15) is 24.5 Å². The molecule has 1 aromatic rings. The van der Waals surface area contributed by atoms with Crippen molar-refractivity contribution in [3.05, 3.63) is 39.4 Å². The van der Waals surface area contributed by atoms with E-state index >= 15 is 0 Å². The number of nitro benzene ring substituents is 1. The first-order chi connectivity index (χ1) is 11.5. The highest BCUT2D eigenvalue weighted by Gasteiger charge is 2.34. The Hall–Kier alpha value is -3.05. The average molecular weight is 352 g/mol. The number of carbonyl (C=O) groups excluding carboxylic acids is 3. The molecular weight excluding hydrogens is 332 g/mol. The lowest BCUT2D eigenvalue weighted by atomic mass is 9.81. The maximum atomic E-state index is 11.4. The van der Waals surface area contributed by atoms with Gasteiger partial charge in [0.25, 0.3) is 5.69 Å². The van der Waals surface area contributed by atoms with Crippen LogP contribution in [0.2, 0.25) is 0 Å². The highest BCUT2D eigenvalue weighted by atomic mass is 16.6. The summed E-state index contributed by atoms with van der Waals surface area (Å²) in [6.07, 6.45) is -0.627. The summed E-state index contributed by atoms with van der Waals surface area (Å²) in [6.45, 7) is 0. The minimum atomic E-state index is -0.995. The molecule has 10 N–H and O–H groups in total. The standard InChI is InChI=1S/C14H20N6O5/c15-8(4-11(17)21)13(9(16)5-12(18)22)7-2-1-6(14(19)23)3-10(7)20(24)25/h1-3,8-9,13H,4-5,15-16H2,(H2,17,21)(H2,18,22)(H2,19,23). The summed E-state index contributed by atoms with van der Waals surface area (Å²) in [5.41, 5.74) is 26.8. The Morgan fingerprint density at radius 2 is 1.48 bits per heavy atom. The first-order valence-corrected chi connectivity index (χ1v) is 7.20. The van der Waals surface area contributed by atoms with Gasteiger partial charge < -0.3 is 28.7 Å². The van der Waals surface area contributed by atoms with Crippen molar-refractivity contribution in [2.45, 2.75) is 30.8 Å². The van der Waals surface area contributed by atoms with Crippen LogP contribution in [0.3, 0.4) is 0 Å². The normalized spacial score (nSPS) is 14.3. The molecule has 11 nitrogen and oxygen atoms in total. The molecule has 0 radical (unpaired) electrons. The van der Waals surface area contributed by atoms with Crippen LogP contribution in [0, 0.1) is 10.1 Å². The van der Waals surface area contributed by atoms with Crippen molar-refractivity contribution in [2.75, 3.05) is 0 Å². The molecule has 3 amide bonds. The van der Waals surface area contributed by atoms with E-state index in [0.29, 0.717) is 0 Å². The van der Waals surface area contributed by atoms with Crippen LogP contribution in [-0.4, -0.2) is 34.7 Å². The summed E-state index contributed by atoms with van der Waals surface area (Å²) in [5, 5.41) is 11.4. The third-order valence-electron chi connectivity index (χ3n) is 3.67. The smallest absolute Gasteiger partial charge is 0.273 e. The van der Waals surface area contributed by atoms with Gasteiger partial charge in [-0.05, 0) is 6.07 Å². The van der Waals surface area contributed by atoms with Gasteiger partial charge in [0.15, 0.2) is 0 Å². The largest absolute Gasteiger partial charge is 0.370 e. The zero-order chi connectivity index (χ0) is 19.3. The Labute approximate surface area is 142 Å². The first kappa shape index (κ1) is 20.0. The second-order valence-electron chi connectivity index (χ2n) is 5.59. The van der Waals surface area contributed by atoms with E-state index in [0.717, 1.165) is 6.07 Å². The van der Waals surface area contributed by atoms with Crippen molar-refractivity contribution >= 4 is 23.4 Å². The van der Waals surface area contributed by atoms with Crippen LogP contribution in [0.5, 0.6) is 0 Å². The fraction of sp³-hybridized carbons (Fsp3) is 0.357. The molecule has 0 bridgehead atoms. The van der Waals surface area contributed by atoms with E-state index < -0.39 is 46.3 Å². The molecule has 11 heteroatoms. The number of hydrogen-bond donors (Lipinski definition) is 5. The number of nitrogens with zero attached hydrogens (tertiary/aromatic N) is 1. The molecule has 2 atom stereocenters. The van der Waals surface area contributed by atoms with E-state index in [1.165, 1.54) is 12.1 Å². The second kappa shape index (κ2) is 8.17. The topological polar surface area (TPSA) is 224 Å². The highest BCUT2D eigenvalue weighted by Crippen LogP contribution is 2.33. The van der Waals surface area contributed by atoms with Crippen molar-refractivity contribution in [2.24, 2.45) is 28.7 Å². The molecule has 0 heterocycles. The fourth-order valence-corrected chi connectivity index (χ4v) is 2.63. The molecular formula is C14H20N6O5. The van der Waals surface area contributed by atoms with Crippen molar-refractivity contribution in [3.8, 4) is 0 Å². The summed E-state index contributed by atoms with van der Waals surface area (Å²) >= 11 is 0. The summed E-state index contributed by atoms with van der Waals surface area (Å²) in [7, 11) is 0. The lowest BCUT2D eigenvalue weighted by Gasteiger charge is -2.28. The third kappa shape index (κ3) is 5.22. The van der Waals surface area contributed by atoms with Crippen LogP contribution in [0.4, 0.5) is 5.69 Å². The van der Waals surface area contributed by atoms with Gasteiger partial charge >= 0.3 is 0 Å². The number of hydrogen-bond acceptors (Lipinski definition) is 7. The van der Waals surface area contributed by atoms with E-state index in [2.05, 4.69) is 0 Å². The van der Waals surface area contributed by atoms with E-state index in [1.54, 1.807) is 0 Å².